The lowest BCUT2D eigenvalue weighted by Gasteiger charge is -2.10. The molecule has 0 aliphatic carbocycles. The van der Waals surface area contributed by atoms with Gasteiger partial charge >= 0.3 is 7.60 Å². The van der Waals surface area contributed by atoms with Gasteiger partial charge in [0.2, 0.25) is 11.4 Å². The Morgan fingerprint density at radius 1 is 1.17 bits per heavy atom. The van der Waals surface area contributed by atoms with Crippen LogP contribution >= 0.6 is 7.60 Å². The van der Waals surface area contributed by atoms with Crippen LogP contribution in [0.4, 0.5) is 0 Å². The Labute approximate surface area is 105 Å². The molecule has 2 aromatic rings. The molecular weight excluding hydrogens is 253 g/mol. The summed E-state index contributed by atoms with van der Waals surface area (Å²) in [7, 11) is -0.772. The molecular formula is C12H14NO4P. The summed E-state index contributed by atoms with van der Waals surface area (Å²) >= 11 is 0. The summed E-state index contributed by atoms with van der Waals surface area (Å²) in [6.07, 6.45) is 0. The second-order valence-electron chi connectivity index (χ2n) is 3.64. The number of oxazole rings is 1. The van der Waals surface area contributed by atoms with Crippen LogP contribution in [0.15, 0.2) is 34.7 Å². The van der Waals surface area contributed by atoms with Gasteiger partial charge < -0.3 is 13.5 Å². The first kappa shape index (κ1) is 13.0. The van der Waals surface area contributed by atoms with Crippen molar-refractivity contribution in [3.8, 4) is 11.5 Å². The number of aromatic nitrogens is 1. The molecule has 0 amide bonds. The molecule has 0 fully saturated rings. The van der Waals surface area contributed by atoms with E-state index in [0.717, 1.165) is 5.56 Å². The minimum absolute atomic E-state index is 0.145. The molecule has 0 saturated carbocycles. The van der Waals surface area contributed by atoms with Gasteiger partial charge in [0.25, 0.3) is 0 Å². The zero-order chi connectivity index (χ0) is 13.2. The van der Waals surface area contributed by atoms with E-state index in [1.165, 1.54) is 14.2 Å². The van der Waals surface area contributed by atoms with E-state index >= 15 is 0 Å². The van der Waals surface area contributed by atoms with Gasteiger partial charge in [-0.05, 0) is 19.1 Å². The van der Waals surface area contributed by atoms with E-state index in [1.807, 2.05) is 30.3 Å². The third kappa shape index (κ3) is 2.25. The SMILES string of the molecule is COP(=O)(OC)c1oc(-c2ccccc2)nc1C. The van der Waals surface area contributed by atoms with Gasteiger partial charge in [0.05, 0.1) is 5.69 Å². The van der Waals surface area contributed by atoms with Crippen LogP contribution in [0.25, 0.3) is 11.5 Å². The van der Waals surface area contributed by atoms with Crippen LogP contribution in [0.3, 0.4) is 0 Å². The molecule has 1 aromatic heterocycles. The third-order valence-corrected chi connectivity index (χ3v) is 4.40. The van der Waals surface area contributed by atoms with Crippen molar-refractivity contribution in [1.29, 1.82) is 0 Å². The predicted molar refractivity (Wildman–Crippen MR) is 67.9 cm³/mol. The molecule has 0 aliphatic heterocycles. The molecule has 0 bridgehead atoms. The van der Waals surface area contributed by atoms with Crippen LogP contribution in [0.1, 0.15) is 5.69 Å². The molecule has 96 valence electrons. The standard InChI is InChI=1S/C12H14NO4P/c1-9-12(18(14,15-2)16-3)17-11(13-9)10-7-5-4-6-8-10/h4-8H,1-3H3. The maximum absolute atomic E-state index is 12.2. The fourth-order valence-corrected chi connectivity index (χ4v) is 2.71. The first-order valence-corrected chi connectivity index (χ1v) is 6.90. The molecule has 0 radical (unpaired) electrons. The van der Waals surface area contributed by atoms with Gasteiger partial charge in [-0.3, -0.25) is 4.57 Å². The van der Waals surface area contributed by atoms with Crippen molar-refractivity contribution in [1.82, 2.24) is 4.98 Å². The molecule has 1 aromatic carbocycles. The molecule has 6 heteroatoms. The molecule has 0 atom stereocenters. The summed E-state index contributed by atoms with van der Waals surface area (Å²) in [5.74, 6) is 0.400. The molecule has 5 nitrogen and oxygen atoms in total. The Morgan fingerprint density at radius 2 is 1.78 bits per heavy atom. The van der Waals surface area contributed by atoms with Gasteiger partial charge in [-0.1, -0.05) is 18.2 Å². The van der Waals surface area contributed by atoms with Crippen molar-refractivity contribution in [2.45, 2.75) is 6.92 Å². The van der Waals surface area contributed by atoms with Crippen LogP contribution in [0, 0.1) is 6.92 Å². The highest BCUT2D eigenvalue weighted by atomic mass is 31.2. The Kier molecular flexibility index (Phi) is 3.66. The second kappa shape index (κ2) is 5.06. The van der Waals surface area contributed by atoms with Gasteiger partial charge in [0.1, 0.15) is 0 Å². The number of hydrogen-bond donors (Lipinski definition) is 0. The highest BCUT2D eigenvalue weighted by molar-refractivity contribution is 7.61. The van der Waals surface area contributed by atoms with Crippen molar-refractivity contribution in [3.05, 3.63) is 36.0 Å². The van der Waals surface area contributed by atoms with E-state index in [-0.39, 0.29) is 5.50 Å². The smallest absolute Gasteiger partial charge is 0.397 e. The Bertz CT molecular complexity index is 571. The van der Waals surface area contributed by atoms with E-state index in [9.17, 15) is 4.57 Å². The largest absolute Gasteiger partial charge is 0.428 e. The second-order valence-corrected chi connectivity index (χ2v) is 5.77. The van der Waals surface area contributed by atoms with Crippen molar-refractivity contribution in [3.63, 3.8) is 0 Å². The highest BCUT2D eigenvalue weighted by Crippen LogP contribution is 2.46. The fourth-order valence-electron chi connectivity index (χ4n) is 1.59. The van der Waals surface area contributed by atoms with Gasteiger partial charge in [-0.25, -0.2) is 4.98 Å². The lowest BCUT2D eigenvalue weighted by atomic mass is 10.2. The number of hydrogen-bond acceptors (Lipinski definition) is 5. The number of rotatable bonds is 4. The summed E-state index contributed by atoms with van der Waals surface area (Å²) in [4.78, 5) is 4.24. The van der Waals surface area contributed by atoms with Gasteiger partial charge in [0.15, 0.2) is 0 Å². The lowest BCUT2D eigenvalue weighted by molar-refractivity contribution is 0.281. The van der Waals surface area contributed by atoms with Crippen molar-refractivity contribution >= 4 is 13.1 Å². The first-order valence-electron chi connectivity index (χ1n) is 5.35. The third-order valence-electron chi connectivity index (χ3n) is 2.52. The van der Waals surface area contributed by atoms with E-state index in [2.05, 4.69) is 4.98 Å². The number of aryl methyl sites for hydroxylation is 1. The van der Waals surface area contributed by atoms with Crippen LogP contribution in [0.2, 0.25) is 0 Å². The molecule has 0 N–H and O–H groups in total. The van der Waals surface area contributed by atoms with E-state index in [1.54, 1.807) is 6.92 Å². The topological polar surface area (TPSA) is 61.6 Å². The maximum Gasteiger partial charge on any atom is 0.397 e. The van der Waals surface area contributed by atoms with Crippen LogP contribution in [-0.2, 0) is 13.6 Å². The highest BCUT2D eigenvalue weighted by Gasteiger charge is 2.32. The van der Waals surface area contributed by atoms with Crippen molar-refractivity contribution in [2.75, 3.05) is 14.2 Å². The minimum atomic E-state index is -3.40. The van der Waals surface area contributed by atoms with Crippen molar-refractivity contribution in [2.24, 2.45) is 0 Å². The van der Waals surface area contributed by atoms with E-state index < -0.39 is 7.60 Å². The maximum atomic E-state index is 12.2. The Morgan fingerprint density at radius 3 is 2.33 bits per heavy atom. The first-order chi connectivity index (χ1) is 8.60. The lowest BCUT2D eigenvalue weighted by Crippen LogP contribution is -2.08. The van der Waals surface area contributed by atoms with Gasteiger partial charge in [0, 0.05) is 19.8 Å². The summed E-state index contributed by atoms with van der Waals surface area (Å²) in [6, 6.07) is 9.37. The zero-order valence-electron chi connectivity index (χ0n) is 10.4. The van der Waals surface area contributed by atoms with E-state index in [4.69, 9.17) is 13.5 Å². The average Bonchev–Trinajstić information content (AvgIpc) is 2.81. The summed E-state index contributed by atoms with van der Waals surface area (Å²) in [5, 5.41) is 0. The molecule has 1 heterocycles. The van der Waals surface area contributed by atoms with Gasteiger partial charge in [-0.15, -0.1) is 0 Å². The Hall–Kier alpha value is -1.42. The molecule has 0 aliphatic rings. The minimum Gasteiger partial charge on any atom is -0.428 e. The van der Waals surface area contributed by atoms with Gasteiger partial charge in [-0.2, -0.15) is 0 Å². The monoisotopic (exact) mass is 267 g/mol. The molecule has 0 spiro atoms. The average molecular weight is 267 g/mol. The van der Waals surface area contributed by atoms with Crippen LogP contribution < -0.4 is 5.50 Å². The normalized spacial score (nSPS) is 11.7. The predicted octanol–water partition coefficient (Wildman–Crippen LogP) is 2.76. The fraction of sp³-hybridized carbons (Fsp3) is 0.250. The molecule has 18 heavy (non-hydrogen) atoms. The number of benzene rings is 1. The molecule has 0 unspecified atom stereocenters. The molecule has 0 saturated heterocycles. The summed E-state index contributed by atoms with van der Waals surface area (Å²) in [6.45, 7) is 1.70. The van der Waals surface area contributed by atoms with Crippen molar-refractivity contribution < 1.29 is 18.0 Å². The van der Waals surface area contributed by atoms with E-state index in [0.29, 0.717) is 11.6 Å². The summed E-state index contributed by atoms with van der Waals surface area (Å²) < 4.78 is 27.6. The summed E-state index contributed by atoms with van der Waals surface area (Å²) in [5.41, 5.74) is 1.46. The number of nitrogens with zero attached hydrogens (tertiary/aromatic N) is 1. The quantitative estimate of drug-likeness (QED) is 0.797. The molecule has 2 rings (SSSR count). The zero-order valence-corrected chi connectivity index (χ0v) is 11.3. The van der Waals surface area contributed by atoms with Crippen LogP contribution in [0.5, 0.6) is 0 Å². The van der Waals surface area contributed by atoms with Crippen LogP contribution in [-0.4, -0.2) is 19.2 Å². The Balaban J connectivity index is 2.48.